The Hall–Kier alpha value is -1.84. The van der Waals surface area contributed by atoms with Crippen LogP contribution in [-0.2, 0) is 4.79 Å². The maximum absolute atomic E-state index is 13.5. The molecule has 1 N–H and O–H groups in total. The van der Waals surface area contributed by atoms with Crippen LogP contribution in [0.4, 0.5) is 10.1 Å². The molecule has 1 aromatic rings. The van der Waals surface area contributed by atoms with Gasteiger partial charge in [-0.05, 0) is 31.5 Å². The summed E-state index contributed by atoms with van der Waals surface area (Å²) in [6.45, 7) is 9.11. The number of anilines is 1. The number of amides is 1. The second kappa shape index (κ2) is 6.36. The Morgan fingerprint density at radius 2 is 2.16 bits per heavy atom. The number of hydrogen-bond acceptors (Lipinski definition) is 2. The zero-order chi connectivity index (χ0) is 14.6. The average Bonchev–Trinajstić information content (AvgIpc) is 2.30. The molecule has 3 nitrogen and oxygen atoms in total. The van der Waals surface area contributed by atoms with Crippen molar-refractivity contribution < 1.29 is 9.18 Å². The monoisotopic (exact) mass is 264 g/mol. The molecule has 0 aliphatic heterocycles. The largest absolute Gasteiger partial charge is 0.354 e. The second-order valence-corrected chi connectivity index (χ2v) is 4.86. The van der Waals surface area contributed by atoms with Crippen LogP contribution in [0.1, 0.15) is 25.8 Å². The minimum atomic E-state index is -0.230. The quantitative estimate of drug-likeness (QED) is 0.886. The normalized spacial score (nSPS) is 11.8. The Morgan fingerprint density at radius 1 is 1.53 bits per heavy atom. The molecule has 1 aromatic carbocycles. The molecule has 0 aliphatic carbocycles. The molecule has 1 amide bonds. The van der Waals surface area contributed by atoms with Crippen molar-refractivity contribution in [2.24, 2.45) is 0 Å². The number of hydrogen-bond donors (Lipinski definition) is 1. The second-order valence-electron chi connectivity index (χ2n) is 4.86. The lowest BCUT2D eigenvalue weighted by atomic mass is 10.1. The molecule has 19 heavy (non-hydrogen) atoms. The van der Waals surface area contributed by atoms with Crippen LogP contribution < -0.4 is 10.2 Å². The summed E-state index contributed by atoms with van der Waals surface area (Å²) >= 11 is 0. The van der Waals surface area contributed by atoms with E-state index in [1.165, 1.54) is 13.0 Å². The lowest BCUT2D eigenvalue weighted by Crippen LogP contribution is -2.32. The summed E-state index contributed by atoms with van der Waals surface area (Å²) in [5, 5.41) is 2.80. The molecule has 0 fully saturated rings. The molecule has 0 spiro atoms. The van der Waals surface area contributed by atoms with Gasteiger partial charge in [0, 0.05) is 37.8 Å². The van der Waals surface area contributed by atoms with Crippen LogP contribution in [0.5, 0.6) is 0 Å². The number of halogens is 1. The number of carbonyl (C=O) groups is 1. The molecule has 0 radical (unpaired) electrons. The highest BCUT2D eigenvalue weighted by molar-refractivity contribution is 5.73. The highest BCUT2D eigenvalue weighted by Gasteiger charge is 2.11. The molecule has 0 bridgehead atoms. The van der Waals surface area contributed by atoms with Crippen LogP contribution >= 0.6 is 0 Å². The van der Waals surface area contributed by atoms with Gasteiger partial charge in [-0.2, -0.15) is 0 Å². The molecule has 1 unspecified atom stereocenters. The molecule has 0 heterocycles. The van der Waals surface area contributed by atoms with E-state index in [-0.39, 0.29) is 17.8 Å². The van der Waals surface area contributed by atoms with E-state index in [1.54, 1.807) is 13.0 Å². The van der Waals surface area contributed by atoms with Crippen molar-refractivity contribution in [3.8, 4) is 0 Å². The average molecular weight is 264 g/mol. The Bertz CT molecular complexity index is 485. The predicted octanol–water partition coefficient (Wildman–Crippen LogP) is 3.00. The van der Waals surface area contributed by atoms with Crippen molar-refractivity contribution in [1.82, 2.24) is 5.32 Å². The van der Waals surface area contributed by atoms with E-state index in [9.17, 15) is 9.18 Å². The molecule has 0 aromatic heterocycles. The van der Waals surface area contributed by atoms with Gasteiger partial charge >= 0.3 is 0 Å². The SMILES string of the molecule is C=C(CC(C)NC(C)=O)N(C)c1ccc(C)c(F)c1. The van der Waals surface area contributed by atoms with E-state index in [0.29, 0.717) is 12.0 Å². The summed E-state index contributed by atoms with van der Waals surface area (Å²) in [5.74, 6) is -0.295. The third-order valence-electron chi connectivity index (χ3n) is 3.01. The van der Waals surface area contributed by atoms with Crippen LogP contribution in [0.3, 0.4) is 0 Å². The van der Waals surface area contributed by atoms with Gasteiger partial charge in [-0.1, -0.05) is 12.6 Å². The minimum absolute atomic E-state index is 0.00254. The third-order valence-corrected chi connectivity index (χ3v) is 3.01. The van der Waals surface area contributed by atoms with Gasteiger partial charge in [-0.3, -0.25) is 4.79 Å². The van der Waals surface area contributed by atoms with Gasteiger partial charge in [0.2, 0.25) is 5.91 Å². The first-order valence-corrected chi connectivity index (χ1v) is 6.26. The highest BCUT2D eigenvalue weighted by Crippen LogP contribution is 2.21. The van der Waals surface area contributed by atoms with E-state index in [1.807, 2.05) is 24.9 Å². The first kappa shape index (κ1) is 15.2. The number of nitrogens with one attached hydrogen (secondary N) is 1. The number of carbonyl (C=O) groups excluding carboxylic acids is 1. The molecular formula is C15H21FN2O. The van der Waals surface area contributed by atoms with Gasteiger partial charge in [0.15, 0.2) is 0 Å². The minimum Gasteiger partial charge on any atom is -0.354 e. The van der Waals surface area contributed by atoms with Crippen molar-refractivity contribution in [2.45, 2.75) is 33.2 Å². The van der Waals surface area contributed by atoms with Crippen LogP contribution in [0, 0.1) is 12.7 Å². The Balaban J connectivity index is 2.71. The van der Waals surface area contributed by atoms with Crippen LogP contribution in [0.15, 0.2) is 30.5 Å². The van der Waals surface area contributed by atoms with Gasteiger partial charge in [0.1, 0.15) is 5.82 Å². The van der Waals surface area contributed by atoms with Crippen molar-refractivity contribution in [1.29, 1.82) is 0 Å². The van der Waals surface area contributed by atoms with Gasteiger partial charge in [0.05, 0.1) is 0 Å². The molecular weight excluding hydrogens is 243 g/mol. The van der Waals surface area contributed by atoms with Crippen molar-refractivity contribution in [3.05, 3.63) is 41.9 Å². The van der Waals surface area contributed by atoms with E-state index in [0.717, 1.165) is 11.4 Å². The molecule has 0 saturated carbocycles. The van der Waals surface area contributed by atoms with E-state index < -0.39 is 0 Å². The van der Waals surface area contributed by atoms with Crippen molar-refractivity contribution in [3.63, 3.8) is 0 Å². The van der Waals surface area contributed by atoms with Crippen LogP contribution in [-0.4, -0.2) is 19.0 Å². The summed E-state index contributed by atoms with van der Waals surface area (Å²) in [5.41, 5.74) is 2.20. The summed E-state index contributed by atoms with van der Waals surface area (Å²) in [6.07, 6.45) is 0.617. The number of benzene rings is 1. The molecule has 0 saturated heterocycles. The van der Waals surface area contributed by atoms with Gasteiger partial charge in [0.25, 0.3) is 0 Å². The number of aryl methyl sites for hydroxylation is 1. The van der Waals surface area contributed by atoms with E-state index in [4.69, 9.17) is 0 Å². The van der Waals surface area contributed by atoms with E-state index in [2.05, 4.69) is 11.9 Å². The highest BCUT2D eigenvalue weighted by atomic mass is 19.1. The van der Waals surface area contributed by atoms with Gasteiger partial charge < -0.3 is 10.2 Å². The van der Waals surface area contributed by atoms with Crippen LogP contribution in [0.25, 0.3) is 0 Å². The lowest BCUT2D eigenvalue weighted by molar-refractivity contribution is -0.119. The maximum atomic E-state index is 13.5. The third kappa shape index (κ3) is 4.39. The molecule has 4 heteroatoms. The summed E-state index contributed by atoms with van der Waals surface area (Å²) in [7, 11) is 1.84. The smallest absolute Gasteiger partial charge is 0.217 e. The summed E-state index contributed by atoms with van der Waals surface area (Å²) in [6, 6.07) is 5.09. The van der Waals surface area contributed by atoms with Gasteiger partial charge in [-0.25, -0.2) is 4.39 Å². The maximum Gasteiger partial charge on any atom is 0.217 e. The first-order valence-electron chi connectivity index (χ1n) is 6.26. The molecule has 104 valence electrons. The topological polar surface area (TPSA) is 32.3 Å². The molecule has 0 aliphatic rings. The Labute approximate surface area is 114 Å². The fourth-order valence-electron chi connectivity index (χ4n) is 1.86. The lowest BCUT2D eigenvalue weighted by Gasteiger charge is -2.24. The zero-order valence-electron chi connectivity index (χ0n) is 12.0. The Kier molecular flexibility index (Phi) is 5.10. The molecule has 1 rings (SSSR count). The standard InChI is InChI=1S/C15H21FN2O/c1-10-6-7-14(9-15(10)16)18(5)12(3)8-11(2)17-13(4)19/h6-7,9,11H,3,8H2,1-2,4-5H3,(H,17,19). The number of nitrogens with zero attached hydrogens (tertiary/aromatic N) is 1. The summed E-state index contributed by atoms with van der Waals surface area (Å²) in [4.78, 5) is 12.8. The fraction of sp³-hybridized carbons (Fsp3) is 0.400. The predicted molar refractivity (Wildman–Crippen MR) is 76.6 cm³/mol. The van der Waals surface area contributed by atoms with Crippen LogP contribution in [0.2, 0.25) is 0 Å². The van der Waals surface area contributed by atoms with E-state index >= 15 is 0 Å². The van der Waals surface area contributed by atoms with Crippen molar-refractivity contribution in [2.75, 3.05) is 11.9 Å². The fourth-order valence-corrected chi connectivity index (χ4v) is 1.86. The van der Waals surface area contributed by atoms with Gasteiger partial charge in [-0.15, -0.1) is 0 Å². The van der Waals surface area contributed by atoms with Crippen molar-refractivity contribution >= 4 is 11.6 Å². The summed E-state index contributed by atoms with van der Waals surface area (Å²) < 4.78 is 13.5. The molecule has 1 atom stereocenters. The number of rotatable bonds is 5. The Morgan fingerprint density at radius 3 is 2.68 bits per heavy atom. The first-order chi connectivity index (χ1) is 8.81. The zero-order valence-corrected chi connectivity index (χ0v) is 12.0.